The Balaban J connectivity index is 3.45. The zero-order valence-corrected chi connectivity index (χ0v) is 7.17. The lowest BCUT2D eigenvalue weighted by molar-refractivity contribution is 0.705. The van der Waals surface area contributed by atoms with Crippen molar-refractivity contribution in [1.82, 2.24) is 0 Å². The molecule has 0 radical (unpaired) electrons. The maximum Gasteiger partial charge on any atom is 0.136 e. The van der Waals surface area contributed by atoms with Crippen LogP contribution in [0.5, 0.6) is 0 Å². The van der Waals surface area contributed by atoms with Gasteiger partial charge in [0.2, 0.25) is 0 Å². The van der Waals surface area contributed by atoms with Crippen molar-refractivity contribution in [3.8, 4) is 0 Å². The van der Waals surface area contributed by atoms with Crippen LogP contribution in [-0.2, 0) is 0 Å². The topological polar surface area (TPSA) is 0 Å². The summed E-state index contributed by atoms with van der Waals surface area (Å²) in [4.78, 5) is 0. The normalized spacial score (nSPS) is 11.4. The second kappa shape index (κ2) is 4.19. The predicted octanol–water partition coefficient (Wildman–Crippen LogP) is 3.54. The number of rotatable bonds is 4. The molecule has 0 fully saturated rings. The van der Waals surface area contributed by atoms with Crippen LogP contribution in [0.2, 0.25) is 0 Å². The summed E-state index contributed by atoms with van der Waals surface area (Å²) in [7, 11) is 0. The summed E-state index contributed by atoms with van der Waals surface area (Å²) in [6.45, 7) is 5.63. The molecule has 0 atom stereocenters. The van der Waals surface area contributed by atoms with Gasteiger partial charge in [-0.1, -0.05) is 49.0 Å². The largest absolute Gasteiger partial charge is 0.136 e. The van der Waals surface area contributed by atoms with Gasteiger partial charge in [-0.05, 0) is 6.42 Å². The minimum Gasteiger partial charge on any atom is -0.100 e. The fraction of sp³-hybridized carbons (Fsp3) is 0.714. The highest BCUT2D eigenvalue weighted by Crippen LogP contribution is 2.28. The number of allylic oxidation sites excluding steroid dienone is 1. The molecule has 0 aromatic heterocycles. The van der Waals surface area contributed by atoms with Gasteiger partial charge in [-0.2, -0.15) is 0 Å². The minimum absolute atomic E-state index is 0.698. The monoisotopic (exact) mass is 166 g/mol. The van der Waals surface area contributed by atoms with E-state index in [2.05, 4.69) is 13.5 Å². The molecule has 54 valence electrons. The molecule has 0 aliphatic rings. The number of unbranched alkanes of at least 4 members (excludes halogenated alkanes) is 1. The Labute approximate surface area is 66.8 Å². The maximum atomic E-state index is 5.75. The SMILES string of the molecule is C=CC(Cl)(Cl)CCCC. The van der Waals surface area contributed by atoms with Gasteiger partial charge in [-0.25, -0.2) is 0 Å². The Kier molecular flexibility index (Phi) is 4.33. The second-order valence-corrected chi connectivity index (χ2v) is 3.61. The fourth-order valence-electron chi connectivity index (χ4n) is 0.515. The van der Waals surface area contributed by atoms with Gasteiger partial charge in [0.25, 0.3) is 0 Å². The van der Waals surface area contributed by atoms with E-state index in [1.54, 1.807) is 6.08 Å². The quantitative estimate of drug-likeness (QED) is 0.443. The van der Waals surface area contributed by atoms with E-state index in [-0.39, 0.29) is 0 Å². The van der Waals surface area contributed by atoms with Crippen molar-refractivity contribution in [2.45, 2.75) is 30.5 Å². The van der Waals surface area contributed by atoms with E-state index < -0.39 is 4.33 Å². The van der Waals surface area contributed by atoms with Crippen molar-refractivity contribution >= 4 is 23.2 Å². The Morgan fingerprint density at radius 1 is 1.56 bits per heavy atom. The van der Waals surface area contributed by atoms with Gasteiger partial charge >= 0.3 is 0 Å². The third-order valence-electron chi connectivity index (χ3n) is 1.16. The molecule has 0 amide bonds. The standard InChI is InChI=1S/C7H12Cl2/c1-3-5-6-7(8,9)4-2/h4H,2-3,5-6H2,1H3. The van der Waals surface area contributed by atoms with Gasteiger partial charge in [-0.15, -0.1) is 6.58 Å². The lowest BCUT2D eigenvalue weighted by Gasteiger charge is -2.12. The van der Waals surface area contributed by atoms with Crippen molar-refractivity contribution < 1.29 is 0 Å². The van der Waals surface area contributed by atoms with Gasteiger partial charge < -0.3 is 0 Å². The summed E-state index contributed by atoms with van der Waals surface area (Å²) in [5.41, 5.74) is 0. The molecule has 0 aliphatic carbocycles. The summed E-state index contributed by atoms with van der Waals surface area (Å²) in [6, 6.07) is 0. The van der Waals surface area contributed by atoms with E-state index in [1.165, 1.54) is 0 Å². The van der Waals surface area contributed by atoms with Crippen molar-refractivity contribution in [3.05, 3.63) is 12.7 Å². The van der Waals surface area contributed by atoms with Crippen LogP contribution in [0.1, 0.15) is 26.2 Å². The van der Waals surface area contributed by atoms with Gasteiger partial charge in [0, 0.05) is 0 Å². The van der Waals surface area contributed by atoms with E-state index in [0.29, 0.717) is 0 Å². The molecular weight excluding hydrogens is 155 g/mol. The van der Waals surface area contributed by atoms with Crippen LogP contribution in [0.15, 0.2) is 12.7 Å². The molecule has 0 aromatic carbocycles. The summed E-state index contributed by atoms with van der Waals surface area (Å²) in [6.07, 6.45) is 4.55. The second-order valence-electron chi connectivity index (χ2n) is 2.07. The first-order chi connectivity index (χ1) is 4.12. The highest BCUT2D eigenvalue weighted by Gasteiger charge is 2.16. The third kappa shape index (κ3) is 4.80. The molecule has 0 unspecified atom stereocenters. The zero-order valence-electron chi connectivity index (χ0n) is 5.66. The first kappa shape index (κ1) is 9.32. The lowest BCUT2D eigenvalue weighted by atomic mass is 10.2. The zero-order chi connectivity index (χ0) is 7.33. The van der Waals surface area contributed by atoms with Crippen molar-refractivity contribution in [2.75, 3.05) is 0 Å². The highest BCUT2D eigenvalue weighted by molar-refractivity contribution is 6.49. The van der Waals surface area contributed by atoms with Gasteiger partial charge in [0.1, 0.15) is 4.33 Å². The van der Waals surface area contributed by atoms with E-state index in [1.807, 2.05) is 0 Å². The Morgan fingerprint density at radius 2 is 2.11 bits per heavy atom. The molecule has 0 N–H and O–H groups in total. The average molecular weight is 167 g/mol. The molecule has 0 heterocycles. The van der Waals surface area contributed by atoms with Crippen LogP contribution < -0.4 is 0 Å². The number of hydrogen-bond acceptors (Lipinski definition) is 0. The van der Waals surface area contributed by atoms with Crippen LogP contribution in [0.3, 0.4) is 0 Å². The minimum atomic E-state index is -0.698. The van der Waals surface area contributed by atoms with E-state index in [0.717, 1.165) is 19.3 Å². The molecule has 0 bridgehead atoms. The third-order valence-corrected chi connectivity index (χ3v) is 1.85. The molecule has 2 heteroatoms. The number of alkyl halides is 2. The van der Waals surface area contributed by atoms with E-state index >= 15 is 0 Å². The summed E-state index contributed by atoms with van der Waals surface area (Å²) >= 11 is 11.5. The molecular formula is C7H12Cl2. The molecule has 0 spiro atoms. The smallest absolute Gasteiger partial charge is 0.100 e. The van der Waals surface area contributed by atoms with Crippen LogP contribution in [0.4, 0.5) is 0 Å². The van der Waals surface area contributed by atoms with Crippen LogP contribution in [-0.4, -0.2) is 4.33 Å². The van der Waals surface area contributed by atoms with Gasteiger partial charge in [0.15, 0.2) is 0 Å². The summed E-state index contributed by atoms with van der Waals surface area (Å²) < 4.78 is -0.698. The fourth-order valence-corrected chi connectivity index (χ4v) is 0.782. The summed E-state index contributed by atoms with van der Waals surface area (Å²) in [5.74, 6) is 0. The Bertz CT molecular complexity index is 86.9. The molecule has 0 saturated heterocycles. The number of halogens is 2. The lowest BCUT2D eigenvalue weighted by Crippen LogP contribution is -2.06. The van der Waals surface area contributed by atoms with Gasteiger partial charge in [-0.3, -0.25) is 0 Å². The van der Waals surface area contributed by atoms with E-state index in [9.17, 15) is 0 Å². The first-order valence-corrected chi connectivity index (χ1v) is 3.89. The van der Waals surface area contributed by atoms with Crippen molar-refractivity contribution in [2.24, 2.45) is 0 Å². The summed E-state index contributed by atoms with van der Waals surface area (Å²) in [5, 5.41) is 0. The molecule has 9 heavy (non-hydrogen) atoms. The van der Waals surface area contributed by atoms with Crippen molar-refractivity contribution in [3.63, 3.8) is 0 Å². The Hall–Kier alpha value is 0.320. The average Bonchev–Trinajstić information content (AvgIpc) is 1.84. The molecule has 0 rings (SSSR count). The molecule has 0 aliphatic heterocycles. The predicted molar refractivity (Wildman–Crippen MR) is 44.2 cm³/mol. The van der Waals surface area contributed by atoms with Crippen LogP contribution in [0, 0.1) is 0 Å². The van der Waals surface area contributed by atoms with E-state index in [4.69, 9.17) is 23.2 Å². The van der Waals surface area contributed by atoms with Gasteiger partial charge in [0.05, 0.1) is 0 Å². The number of hydrogen-bond donors (Lipinski definition) is 0. The molecule has 0 saturated carbocycles. The maximum absolute atomic E-state index is 5.75. The van der Waals surface area contributed by atoms with Crippen LogP contribution >= 0.6 is 23.2 Å². The molecule has 0 aromatic rings. The van der Waals surface area contributed by atoms with Crippen molar-refractivity contribution in [1.29, 1.82) is 0 Å². The highest BCUT2D eigenvalue weighted by atomic mass is 35.5. The van der Waals surface area contributed by atoms with Crippen LogP contribution in [0.25, 0.3) is 0 Å². The molecule has 0 nitrogen and oxygen atoms in total. The Morgan fingerprint density at radius 3 is 2.44 bits per heavy atom. The first-order valence-electron chi connectivity index (χ1n) is 3.14.